The highest BCUT2D eigenvalue weighted by atomic mass is 35.5. The molecular formula is C12H11ClN2OS. The lowest BCUT2D eigenvalue weighted by Gasteiger charge is -2.03. The van der Waals surface area contributed by atoms with Gasteiger partial charge in [0.15, 0.2) is 0 Å². The van der Waals surface area contributed by atoms with Crippen molar-refractivity contribution in [1.82, 2.24) is 4.98 Å². The predicted octanol–water partition coefficient (Wildman–Crippen LogP) is 3.29. The number of carbonyl (C=O) groups excluding carboxylic acids is 1. The number of carbonyl (C=O) groups is 1. The third-order valence-corrected chi connectivity index (χ3v) is 3.35. The highest BCUT2D eigenvalue weighted by molar-refractivity contribution is 7.16. The van der Waals surface area contributed by atoms with E-state index in [1.54, 1.807) is 12.1 Å². The van der Waals surface area contributed by atoms with Crippen molar-refractivity contribution in [3.8, 4) is 0 Å². The van der Waals surface area contributed by atoms with E-state index in [1.165, 1.54) is 11.3 Å². The van der Waals surface area contributed by atoms with Gasteiger partial charge in [-0.2, -0.15) is 0 Å². The van der Waals surface area contributed by atoms with Gasteiger partial charge in [0.05, 0.1) is 10.8 Å². The average Bonchev–Trinajstić information content (AvgIpc) is 2.63. The average molecular weight is 267 g/mol. The second kappa shape index (κ2) is 5.29. The molecule has 0 radical (unpaired) electrons. The zero-order valence-corrected chi connectivity index (χ0v) is 10.8. The van der Waals surface area contributed by atoms with Gasteiger partial charge in [0, 0.05) is 10.6 Å². The van der Waals surface area contributed by atoms with Gasteiger partial charge >= 0.3 is 0 Å². The Bertz CT molecular complexity index is 539. The van der Waals surface area contributed by atoms with Crippen LogP contribution < -0.4 is 5.32 Å². The number of aromatic nitrogens is 1. The molecule has 0 unspecified atom stereocenters. The summed E-state index contributed by atoms with van der Waals surface area (Å²) >= 11 is 7.21. The van der Waals surface area contributed by atoms with E-state index in [-0.39, 0.29) is 5.91 Å². The van der Waals surface area contributed by atoms with E-state index in [1.807, 2.05) is 25.1 Å². The first kappa shape index (κ1) is 12.1. The van der Waals surface area contributed by atoms with E-state index >= 15 is 0 Å². The normalized spacial score (nSPS) is 10.2. The van der Waals surface area contributed by atoms with E-state index < -0.39 is 0 Å². The molecule has 0 aromatic carbocycles. The van der Waals surface area contributed by atoms with Crippen molar-refractivity contribution in [3.63, 3.8) is 0 Å². The number of amides is 1. The van der Waals surface area contributed by atoms with Crippen LogP contribution in [0, 0.1) is 6.92 Å². The molecule has 1 amide bonds. The minimum atomic E-state index is -0.0818. The molecule has 0 aliphatic carbocycles. The third-order valence-electron chi connectivity index (χ3n) is 2.12. The number of hydrogen-bond acceptors (Lipinski definition) is 3. The van der Waals surface area contributed by atoms with Crippen LogP contribution in [0.25, 0.3) is 0 Å². The van der Waals surface area contributed by atoms with Crippen molar-refractivity contribution in [3.05, 3.63) is 45.2 Å². The van der Waals surface area contributed by atoms with Gasteiger partial charge in [0.2, 0.25) is 5.91 Å². The highest BCUT2D eigenvalue weighted by Gasteiger charge is 2.06. The lowest BCUT2D eigenvalue weighted by Crippen LogP contribution is -2.14. The van der Waals surface area contributed by atoms with Gasteiger partial charge in [0.1, 0.15) is 5.82 Å². The van der Waals surface area contributed by atoms with Crippen LogP contribution in [0.1, 0.15) is 10.6 Å². The van der Waals surface area contributed by atoms with E-state index in [4.69, 9.17) is 11.6 Å². The summed E-state index contributed by atoms with van der Waals surface area (Å²) in [7, 11) is 0. The minimum absolute atomic E-state index is 0.0818. The number of hydrogen-bond donors (Lipinski definition) is 1. The van der Waals surface area contributed by atoms with E-state index in [2.05, 4.69) is 10.3 Å². The smallest absolute Gasteiger partial charge is 0.230 e. The molecule has 0 saturated heterocycles. The standard InChI is InChI=1S/C12H11ClN2OS/c1-8-3-2-4-11(14-8)15-12(16)7-9-5-6-10(13)17-9/h2-6H,7H2,1H3,(H,14,15,16). The molecule has 0 saturated carbocycles. The molecule has 88 valence electrons. The van der Waals surface area contributed by atoms with Gasteiger partial charge in [0.25, 0.3) is 0 Å². The van der Waals surface area contributed by atoms with Crippen molar-refractivity contribution in [2.45, 2.75) is 13.3 Å². The Balaban J connectivity index is 1.98. The van der Waals surface area contributed by atoms with Crippen molar-refractivity contribution < 1.29 is 4.79 Å². The van der Waals surface area contributed by atoms with Crippen molar-refractivity contribution in [2.75, 3.05) is 5.32 Å². The summed E-state index contributed by atoms with van der Waals surface area (Å²) in [6.45, 7) is 1.88. The lowest BCUT2D eigenvalue weighted by atomic mass is 10.3. The fourth-order valence-corrected chi connectivity index (χ4v) is 2.49. The Kier molecular flexibility index (Phi) is 3.76. The number of nitrogens with one attached hydrogen (secondary N) is 1. The monoisotopic (exact) mass is 266 g/mol. The maximum atomic E-state index is 11.7. The molecule has 0 atom stereocenters. The summed E-state index contributed by atoms with van der Waals surface area (Å²) < 4.78 is 0.696. The van der Waals surface area contributed by atoms with Gasteiger partial charge in [-0.05, 0) is 31.2 Å². The topological polar surface area (TPSA) is 42.0 Å². The van der Waals surface area contributed by atoms with Gasteiger partial charge < -0.3 is 5.32 Å². The Morgan fingerprint density at radius 2 is 2.24 bits per heavy atom. The number of anilines is 1. The molecule has 0 bridgehead atoms. The maximum absolute atomic E-state index is 11.7. The van der Waals surface area contributed by atoms with Crippen LogP contribution in [0.4, 0.5) is 5.82 Å². The van der Waals surface area contributed by atoms with Crippen LogP contribution in [0.3, 0.4) is 0 Å². The SMILES string of the molecule is Cc1cccc(NC(=O)Cc2ccc(Cl)s2)n1. The zero-order chi connectivity index (χ0) is 12.3. The molecular weight excluding hydrogens is 256 g/mol. The number of thiophene rings is 1. The number of pyridine rings is 1. The molecule has 0 fully saturated rings. The van der Waals surface area contributed by atoms with Crippen LogP contribution in [0.5, 0.6) is 0 Å². The summed E-state index contributed by atoms with van der Waals surface area (Å²) in [4.78, 5) is 16.9. The highest BCUT2D eigenvalue weighted by Crippen LogP contribution is 2.21. The summed E-state index contributed by atoms with van der Waals surface area (Å²) in [6, 6.07) is 9.16. The second-order valence-electron chi connectivity index (χ2n) is 3.59. The summed E-state index contributed by atoms with van der Waals surface area (Å²) in [5.41, 5.74) is 0.877. The molecule has 5 heteroatoms. The Hall–Kier alpha value is -1.39. The summed E-state index contributed by atoms with van der Waals surface area (Å²) in [5.74, 6) is 0.499. The number of rotatable bonds is 3. The van der Waals surface area contributed by atoms with Crippen molar-refractivity contribution in [2.24, 2.45) is 0 Å². The Labute approximate surface area is 108 Å². The van der Waals surface area contributed by atoms with Crippen molar-refractivity contribution in [1.29, 1.82) is 0 Å². The first-order valence-corrected chi connectivity index (χ1v) is 6.30. The lowest BCUT2D eigenvalue weighted by molar-refractivity contribution is -0.115. The van der Waals surface area contributed by atoms with Crippen LogP contribution in [-0.2, 0) is 11.2 Å². The first-order valence-electron chi connectivity index (χ1n) is 5.11. The van der Waals surface area contributed by atoms with E-state index in [0.717, 1.165) is 10.6 Å². The fraction of sp³-hybridized carbons (Fsp3) is 0.167. The van der Waals surface area contributed by atoms with Crippen LogP contribution in [-0.4, -0.2) is 10.9 Å². The number of halogens is 1. The third kappa shape index (κ3) is 3.54. The molecule has 3 nitrogen and oxygen atoms in total. The quantitative estimate of drug-likeness (QED) is 0.926. The molecule has 0 aliphatic heterocycles. The molecule has 2 aromatic heterocycles. The molecule has 17 heavy (non-hydrogen) atoms. The summed E-state index contributed by atoms with van der Waals surface area (Å²) in [6.07, 6.45) is 0.326. The van der Waals surface area contributed by atoms with E-state index in [9.17, 15) is 4.79 Å². The first-order chi connectivity index (χ1) is 8.13. The van der Waals surface area contributed by atoms with E-state index in [0.29, 0.717) is 16.6 Å². The Morgan fingerprint density at radius 3 is 2.88 bits per heavy atom. The molecule has 0 spiro atoms. The number of aryl methyl sites for hydroxylation is 1. The Morgan fingerprint density at radius 1 is 1.41 bits per heavy atom. The minimum Gasteiger partial charge on any atom is -0.310 e. The molecule has 2 aromatic rings. The maximum Gasteiger partial charge on any atom is 0.230 e. The van der Waals surface area contributed by atoms with Crippen LogP contribution >= 0.6 is 22.9 Å². The van der Waals surface area contributed by atoms with Gasteiger partial charge in [-0.3, -0.25) is 4.79 Å². The van der Waals surface area contributed by atoms with Gasteiger partial charge in [-0.15, -0.1) is 11.3 Å². The van der Waals surface area contributed by atoms with Crippen molar-refractivity contribution >= 4 is 34.7 Å². The molecule has 2 rings (SSSR count). The molecule has 0 aliphatic rings. The largest absolute Gasteiger partial charge is 0.310 e. The second-order valence-corrected chi connectivity index (χ2v) is 5.39. The van der Waals surface area contributed by atoms with Crippen LogP contribution in [0.2, 0.25) is 4.34 Å². The zero-order valence-electron chi connectivity index (χ0n) is 9.24. The van der Waals surface area contributed by atoms with Crippen LogP contribution in [0.15, 0.2) is 30.3 Å². The number of nitrogens with zero attached hydrogens (tertiary/aromatic N) is 1. The molecule has 1 N–H and O–H groups in total. The summed E-state index contributed by atoms with van der Waals surface area (Å²) in [5, 5.41) is 2.75. The predicted molar refractivity (Wildman–Crippen MR) is 70.6 cm³/mol. The van der Waals surface area contributed by atoms with Gasteiger partial charge in [-0.1, -0.05) is 17.7 Å². The molecule has 2 heterocycles. The fourth-order valence-electron chi connectivity index (χ4n) is 1.40. The van der Waals surface area contributed by atoms with Gasteiger partial charge in [-0.25, -0.2) is 4.98 Å².